The van der Waals surface area contributed by atoms with Crippen molar-refractivity contribution in [3.8, 4) is 5.75 Å². The lowest BCUT2D eigenvalue weighted by Crippen LogP contribution is -2.24. The summed E-state index contributed by atoms with van der Waals surface area (Å²) in [5, 5.41) is 8.91. The molecule has 1 heterocycles. The predicted octanol–water partition coefficient (Wildman–Crippen LogP) is 5.12. The maximum Gasteiger partial charge on any atom is 0.399 e. The van der Waals surface area contributed by atoms with Gasteiger partial charge in [-0.3, -0.25) is 13.7 Å². The maximum atomic E-state index is 12.8. The molecular formula is C20H17BrClF2N2O7P. The first-order valence-electron chi connectivity index (χ1n) is 9.49. The highest BCUT2D eigenvalue weighted by atomic mass is 79.9. The number of nitrogens with zero attached hydrogens (tertiary/aromatic N) is 2. The molecule has 182 valence electrons. The zero-order chi connectivity index (χ0) is 24.9. The minimum atomic E-state index is -4.53. The minimum Gasteiger partial charge on any atom is -0.480 e. The third kappa shape index (κ3) is 6.55. The summed E-state index contributed by atoms with van der Waals surface area (Å²) in [7, 11) is -4.53. The Morgan fingerprint density at radius 1 is 1.06 bits per heavy atom. The highest BCUT2D eigenvalue weighted by molar-refractivity contribution is 9.10. The number of benzene rings is 2. The molecule has 14 heteroatoms. The fourth-order valence-electron chi connectivity index (χ4n) is 3.07. The van der Waals surface area contributed by atoms with Gasteiger partial charge in [0.25, 0.3) is 0 Å². The molecule has 0 atom stereocenters. The molecule has 0 aliphatic heterocycles. The molecule has 2 aromatic carbocycles. The third-order valence-corrected chi connectivity index (χ3v) is 6.85. The SMILES string of the molecule is O=C(O)COc1ccc(Cn2ccn(Cc3ccc(CP(=O)(OF)OF)c(Br)c3)c2=O)cc1Cl. The van der Waals surface area contributed by atoms with Crippen molar-refractivity contribution < 1.29 is 37.7 Å². The Morgan fingerprint density at radius 2 is 1.65 bits per heavy atom. The van der Waals surface area contributed by atoms with E-state index in [0.717, 1.165) is 0 Å². The van der Waals surface area contributed by atoms with Crippen LogP contribution in [0.1, 0.15) is 16.7 Å². The lowest BCUT2D eigenvalue weighted by molar-refractivity contribution is -0.139. The molecule has 0 saturated carbocycles. The molecule has 0 aliphatic carbocycles. The van der Waals surface area contributed by atoms with Crippen molar-refractivity contribution in [2.45, 2.75) is 19.3 Å². The number of carboxylic acids is 1. The van der Waals surface area contributed by atoms with Crippen molar-refractivity contribution in [1.29, 1.82) is 0 Å². The fourth-order valence-corrected chi connectivity index (χ4v) is 4.92. The summed E-state index contributed by atoms with van der Waals surface area (Å²) in [6.07, 6.45) is 2.57. The molecule has 9 nitrogen and oxygen atoms in total. The van der Waals surface area contributed by atoms with Gasteiger partial charge in [-0.25, -0.2) is 9.59 Å². The normalized spacial score (nSPS) is 11.5. The summed E-state index contributed by atoms with van der Waals surface area (Å²) in [4.78, 5) is 23.4. The molecule has 1 N–H and O–H groups in total. The van der Waals surface area contributed by atoms with E-state index in [1.165, 1.54) is 21.3 Å². The molecule has 3 aromatic rings. The standard InChI is InChI=1S/C20H17BrClF2N2O7P/c21-16-7-13(1-3-15(16)12-34(30,32-23)33-24)9-25-5-6-26(20(25)29)10-14-2-4-18(17(22)8-14)31-11-19(27)28/h1-8H,9-12H2,(H,27,28). The van der Waals surface area contributed by atoms with E-state index in [4.69, 9.17) is 21.4 Å². The van der Waals surface area contributed by atoms with Gasteiger partial charge < -0.3 is 9.84 Å². The van der Waals surface area contributed by atoms with Crippen molar-refractivity contribution in [1.82, 2.24) is 9.13 Å². The second kappa shape index (κ2) is 11.3. The van der Waals surface area contributed by atoms with Gasteiger partial charge in [-0.15, -0.1) is 9.46 Å². The Kier molecular flexibility index (Phi) is 8.67. The van der Waals surface area contributed by atoms with E-state index in [0.29, 0.717) is 21.2 Å². The molecule has 0 fully saturated rings. The molecular weight excluding hydrogens is 565 g/mol. The van der Waals surface area contributed by atoms with Crippen LogP contribution in [0.2, 0.25) is 5.02 Å². The number of aliphatic carboxylic acids is 1. The summed E-state index contributed by atoms with van der Waals surface area (Å²) in [5.41, 5.74) is 1.38. The molecule has 0 radical (unpaired) electrons. The predicted molar refractivity (Wildman–Crippen MR) is 121 cm³/mol. The van der Waals surface area contributed by atoms with Crippen LogP contribution in [-0.2, 0) is 38.1 Å². The molecule has 0 spiro atoms. The molecule has 1 aromatic heterocycles. The van der Waals surface area contributed by atoms with Crippen LogP contribution < -0.4 is 10.4 Å². The topological polar surface area (TPSA) is 109 Å². The lowest BCUT2D eigenvalue weighted by Gasteiger charge is -2.10. The number of rotatable bonds is 11. The second-order valence-corrected chi connectivity index (χ2v) is 10.2. The lowest BCUT2D eigenvalue weighted by atomic mass is 10.1. The van der Waals surface area contributed by atoms with Crippen molar-refractivity contribution in [2.24, 2.45) is 0 Å². The number of hydrogen-bond acceptors (Lipinski definition) is 6. The van der Waals surface area contributed by atoms with Crippen molar-refractivity contribution in [3.05, 3.63) is 85.5 Å². The first-order valence-corrected chi connectivity index (χ1v) is 12.4. The fraction of sp³-hybridized carbons (Fsp3) is 0.200. The number of ether oxygens (including phenoxy) is 1. The Hall–Kier alpha value is -2.50. The first-order chi connectivity index (χ1) is 16.1. The average Bonchev–Trinajstić information content (AvgIpc) is 3.13. The molecule has 3 rings (SSSR count). The van der Waals surface area contributed by atoms with Crippen LogP contribution in [0, 0.1) is 0 Å². The molecule has 0 amide bonds. The molecule has 34 heavy (non-hydrogen) atoms. The molecule has 0 saturated heterocycles. The Bertz CT molecular complexity index is 1290. The number of carbonyl (C=O) groups is 1. The average molecular weight is 582 g/mol. The zero-order valence-electron chi connectivity index (χ0n) is 17.2. The Morgan fingerprint density at radius 3 is 2.18 bits per heavy atom. The van der Waals surface area contributed by atoms with Gasteiger partial charge in [-0.05, 0) is 43.9 Å². The van der Waals surface area contributed by atoms with E-state index in [1.54, 1.807) is 36.7 Å². The number of aromatic nitrogens is 2. The summed E-state index contributed by atoms with van der Waals surface area (Å²) in [6.45, 7) is -0.107. The van der Waals surface area contributed by atoms with E-state index in [-0.39, 0.29) is 29.6 Å². The van der Waals surface area contributed by atoms with Crippen molar-refractivity contribution in [2.75, 3.05) is 6.61 Å². The van der Waals surface area contributed by atoms with E-state index >= 15 is 0 Å². The highest BCUT2D eigenvalue weighted by Crippen LogP contribution is 2.52. The van der Waals surface area contributed by atoms with E-state index < -0.39 is 26.3 Å². The van der Waals surface area contributed by atoms with Crippen molar-refractivity contribution in [3.63, 3.8) is 0 Å². The van der Waals surface area contributed by atoms with Crippen LogP contribution in [-0.4, -0.2) is 26.8 Å². The first kappa shape index (κ1) is 26.1. The summed E-state index contributed by atoms with van der Waals surface area (Å²) in [6, 6.07) is 9.50. The van der Waals surface area contributed by atoms with Gasteiger partial charge in [-0.1, -0.05) is 45.7 Å². The quantitative estimate of drug-likeness (QED) is 0.313. The van der Waals surface area contributed by atoms with E-state index in [1.807, 2.05) is 0 Å². The monoisotopic (exact) mass is 580 g/mol. The van der Waals surface area contributed by atoms with Crippen LogP contribution in [0.25, 0.3) is 0 Å². The second-order valence-electron chi connectivity index (χ2n) is 7.12. The number of carboxylic acid groups (broad SMARTS) is 1. The van der Waals surface area contributed by atoms with E-state index in [2.05, 4.69) is 25.4 Å². The molecule has 0 bridgehead atoms. The van der Waals surface area contributed by atoms with Crippen LogP contribution in [0.5, 0.6) is 5.75 Å². The summed E-state index contributed by atoms with van der Waals surface area (Å²) < 4.78 is 50.9. The third-order valence-electron chi connectivity index (χ3n) is 4.66. The molecule has 0 aliphatic rings. The smallest absolute Gasteiger partial charge is 0.399 e. The summed E-state index contributed by atoms with van der Waals surface area (Å²) >= 11 is 9.37. The maximum absolute atomic E-state index is 12.8. The number of imidazole rings is 1. The van der Waals surface area contributed by atoms with Crippen LogP contribution in [0.15, 0.2) is 58.1 Å². The number of hydrogen-bond donors (Lipinski definition) is 1. The Labute approximate surface area is 204 Å². The number of halogens is 4. The molecule has 0 unspecified atom stereocenters. The minimum absolute atomic E-state index is 0.199. The largest absolute Gasteiger partial charge is 0.480 e. The highest BCUT2D eigenvalue weighted by Gasteiger charge is 2.29. The Balaban J connectivity index is 1.71. The van der Waals surface area contributed by atoms with Gasteiger partial charge >= 0.3 is 19.3 Å². The van der Waals surface area contributed by atoms with Gasteiger partial charge in [0.2, 0.25) is 0 Å². The van der Waals surface area contributed by atoms with Crippen LogP contribution in [0.3, 0.4) is 0 Å². The van der Waals surface area contributed by atoms with Gasteiger partial charge in [0.1, 0.15) is 5.75 Å². The van der Waals surface area contributed by atoms with Crippen molar-refractivity contribution >= 4 is 41.1 Å². The summed E-state index contributed by atoms with van der Waals surface area (Å²) in [5.74, 6) is -0.906. The van der Waals surface area contributed by atoms with Gasteiger partial charge in [0.15, 0.2) is 6.61 Å². The van der Waals surface area contributed by atoms with E-state index in [9.17, 15) is 23.2 Å². The van der Waals surface area contributed by atoms with Gasteiger partial charge in [-0.2, -0.15) is 0 Å². The van der Waals surface area contributed by atoms with Gasteiger partial charge in [0, 0.05) is 16.9 Å². The van der Waals surface area contributed by atoms with Crippen LogP contribution in [0.4, 0.5) is 9.05 Å². The zero-order valence-corrected chi connectivity index (χ0v) is 20.4. The van der Waals surface area contributed by atoms with Crippen LogP contribution >= 0.6 is 35.1 Å². The van der Waals surface area contributed by atoms with Gasteiger partial charge in [0.05, 0.1) is 24.3 Å².